The summed E-state index contributed by atoms with van der Waals surface area (Å²) in [6.45, 7) is 0.344. The molecule has 0 bridgehead atoms. The number of hydrogen-bond acceptors (Lipinski definition) is 6. The van der Waals surface area contributed by atoms with Crippen molar-refractivity contribution < 1.29 is 14.3 Å². The van der Waals surface area contributed by atoms with Crippen LogP contribution >= 0.6 is 11.3 Å². The van der Waals surface area contributed by atoms with E-state index in [2.05, 4.69) is 27.6 Å². The van der Waals surface area contributed by atoms with Crippen molar-refractivity contribution in [1.82, 2.24) is 10.2 Å². The highest BCUT2D eigenvalue weighted by atomic mass is 32.1. The Hall–Kier alpha value is -3.26. The van der Waals surface area contributed by atoms with E-state index in [-0.39, 0.29) is 18.2 Å². The molecule has 8 heteroatoms. The molecule has 0 unspecified atom stereocenters. The molecule has 1 aliphatic heterocycles. The van der Waals surface area contributed by atoms with Crippen LogP contribution in [0.15, 0.2) is 54.6 Å². The van der Waals surface area contributed by atoms with Crippen LogP contribution in [0.2, 0.25) is 0 Å². The molecule has 1 atom stereocenters. The van der Waals surface area contributed by atoms with Gasteiger partial charge < -0.3 is 15.0 Å². The first kappa shape index (κ1) is 20.0. The third-order valence-corrected chi connectivity index (χ3v) is 5.95. The van der Waals surface area contributed by atoms with E-state index in [4.69, 9.17) is 4.74 Å². The number of rotatable bonds is 7. The van der Waals surface area contributed by atoms with Crippen molar-refractivity contribution in [2.75, 3.05) is 23.9 Å². The number of hydrogen-bond donors (Lipinski definition) is 1. The first-order valence-corrected chi connectivity index (χ1v) is 10.6. The quantitative estimate of drug-likeness (QED) is 0.631. The second kappa shape index (κ2) is 9.04. The lowest BCUT2D eigenvalue weighted by Crippen LogP contribution is -2.28. The summed E-state index contributed by atoms with van der Waals surface area (Å²) in [5, 5.41) is 12.4. The van der Waals surface area contributed by atoms with Gasteiger partial charge in [0.2, 0.25) is 16.9 Å². The molecule has 3 aromatic rings. The molecule has 1 N–H and O–H groups in total. The van der Waals surface area contributed by atoms with E-state index in [0.29, 0.717) is 11.7 Å². The summed E-state index contributed by atoms with van der Waals surface area (Å²) in [5.74, 6) is 0.0292. The molecule has 0 radical (unpaired) electrons. The molecule has 154 valence electrons. The summed E-state index contributed by atoms with van der Waals surface area (Å²) < 4.78 is 5.15. The zero-order valence-corrected chi connectivity index (χ0v) is 17.4. The largest absolute Gasteiger partial charge is 0.497 e. The fraction of sp³-hybridized carbons (Fsp3) is 0.273. The minimum atomic E-state index is -0.420. The van der Waals surface area contributed by atoms with Gasteiger partial charge in [-0.2, -0.15) is 0 Å². The number of nitrogens with one attached hydrogen (secondary N) is 1. The molecule has 1 fully saturated rings. The molecule has 0 aliphatic carbocycles. The molecule has 1 aromatic heterocycles. The van der Waals surface area contributed by atoms with E-state index in [1.165, 1.54) is 16.9 Å². The molecule has 4 rings (SSSR count). The van der Waals surface area contributed by atoms with Crippen LogP contribution in [-0.4, -0.2) is 35.7 Å². The van der Waals surface area contributed by atoms with E-state index >= 15 is 0 Å². The third kappa shape index (κ3) is 4.65. The van der Waals surface area contributed by atoms with Crippen molar-refractivity contribution in [2.45, 2.75) is 19.3 Å². The summed E-state index contributed by atoms with van der Waals surface area (Å²) in [7, 11) is 1.59. The summed E-state index contributed by atoms with van der Waals surface area (Å²) in [5.41, 5.74) is 2.00. The number of nitrogens with zero attached hydrogens (tertiary/aromatic N) is 3. The van der Waals surface area contributed by atoms with Crippen LogP contribution in [-0.2, 0) is 22.4 Å². The lowest BCUT2D eigenvalue weighted by Gasteiger charge is -2.16. The smallest absolute Gasteiger partial charge is 0.231 e. The van der Waals surface area contributed by atoms with Crippen molar-refractivity contribution in [1.29, 1.82) is 0 Å². The van der Waals surface area contributed by atoms with Crippen LogP contribution in [0, 0.1) is 5.92 Å². The average molecular weight is 423 g/mol. The summed E-state index contributed by atoms with van der Waals surface area (Å²) in [6.07, 6.45) is 1.82. The monoisotopic (exact) mass is 422 g/mol. The number of amides is 2. The molecule has 7 nitrogen and oxygen atoms in total. The molecular weight excluding hydrogens is 400 g/mol. The van der Waals surface area contributed by atoms with Gasteiger partial charge in [0.15, 0.2) is 0 Å². The molecule has 0 spiro atoms. The first-order valence-electron chi connectivity index (χ1n) is 9.74. The minimum absolute atomic E-state index is 0.0684. The normalized spacial score (nSPS) is 16.0. The van der Waals surface area contributed by atoms with Crippen molar-refractivity contribution in [2.24, 2.45) is 5.92 Å². The minimum Gasteiger partial charge on any atom is -0.497 e. The number of benzene rings is 2. The summed E-state index contributed by atoms with van der Waals surface area (Å²) >= 11 is 1.37. The Morgan fingerprint density at radius 2 is 1.90 bits per heavy atom. The second-order valence-electron chi connectivity index (χ2n) is 7.08. The number of aryl methyl sites for hydroxylation is 2. The molecule has 0 saturated carbocycles. The van der Waals surface area contributed by atoms with Crippen LogP contribution in [0.25, 0.3) is 0 Å². The maximum atomic E-state index is 12.7. The van der Waals surface area contributed by atoms with Crippen LogP contribution in [0.4, 0.5) is 10.8 Å². The summed E-state index contributed by atoms with van der Waals surface area (Å²) in [4.78, 5) is 26.7. The molecule has 1 aliphatic rings. The fourth-order valence-corrected chi connectivity index (χ4v) is 4.15. The Bertz CT molecular complexity index is 1020. The van der Waals surface area contributed by atoms with Crippen molar-refractivity contribution in [3.63, 3.8) is 0 Å². The Kier molecular flexibility index (Phi) is 6.04. The highest BCUT2D eigenvalue weighted by Gasteiger charge is 2.35. The Labute approximate surface area is 178 Å². The van der Waals surface area contributed by atoms with Crippen LogP contribution < -0.4 is 15.0 Å². The van der Waals surface area contributed by atoms with Crippen molar-refractivity contribution in [3.05, 3.63) is 65.2 Å². The maximum absolute atomic E-state index is 12.7. The van der Waals surface area contributed by atoms with E-state index in [0.717, 1.165) is 29.3 Å². The van der Waals surface area contributed by atoms with Crippen molar-refractivity contribution in [3.8, 4) is 5.75 Å². The highest BCUT2D eigenvalue weighted by Crippen LogP contribution is 2.28. The Balaban J connectivity index is 1.33. The second-order valence-corrected chi connectivity index (χ2v) is 8.14. The van der Waals surface area contributed by atoms with Gasteiger partial charge in [-0.1, -0.05) is 41.7 Å². The predicted octanol–water partition coefficient (Wildman–Crippen LogP) is 3.32. The van der Waals surface area contributed by atoms with Gasteiger partial charge in [-0.25, -0.2) is 0 Å². The molecule has 2 amide bonds. The SMILES string of the molecule is COc1ccc(N2C[C@H](C(=O)Nc3nnc(CCc4ccccc4)s3)CC2=O)cc1. The fourth-order valence-electron chi connectivity index (χ4n) is 3.40. The molecule has 2 aromatic carbocycles. The zero-order chi connectivity index (χ0) is 20.9. The van der Waals surface area contributed by atoms with Gasteiger partial charge in [-0.15, -0.1) is 10.2 Å². The van der Waals surface area contributed by atoms with E-state index in [1.807, 2.05) is 30.3 Å². The number of anilines is 2. The van der Waals surface area contributed by atoms with Gasteiger partial charge >= 0.3 is 0 Å². The van der Waals surface area contributed by atoms with Gasteiger partial charge in [-0.3, -0.25) is 9.59 Å². The van der Waals surface area contributed by atoms with E-state index < -0.39 is 5.92 Å². The Morgan fingerprint density at radius 3 is 2.63 bits per heavy atom. The number of carbonyl (C=O) groups is 2. The summed E-state index contributed by atoms with van der Waals surface area (Å²) in [6, 6.07) is 17.4. The van der Waals surface area contributed by atoms with Crippen LogP contribution in [0.5, 0.6) is 5.75 Å². The van der Waals surface area contributed by atoms with Gasteiger partial charge in [0.1, 0.15) is 10.8 Å². The highest BCUT2D eigenvalue weighted by molar-refractivity contribution is 7.15. The third-order valence-electron chi connectivity index (χ3n) is 5.05. The van der Waals surface area contributed by atoms with E-state index in [1.54, 1.807) is 24.1 Å². The van der Waals surface area contributed by atoms with Crippen LogP contribution in [0.3, 0.4) is 0 Å². The average Bonchev–Trinajstić information content (AvgIpc) is 3.39. The molecular formula is C22H22N4O3S. The van der Waals surface area contributed by atoms with Gasteiger partial charge in [0.05, 0.1) is 13.0 Å². The Morgan fingerprint density at radius 1 is 1.13 bits per heavy atom. The number of ether oxygens (including phenoxy) is 1. The molecule has 1 saturated heterocycles. The lowest BCUT2D eigenvalue weighted by molar-refractivity contribution is -0.122. The lowest BCUT2D eigenvalue weighted by atomic mass is 10.1. The standard InChI is InChI=1S/C22H22N4O3S/c1-29-18-10-8-17(9-11-18)26-14-16(13-20(26)27)21(28)23-22-25-24-19(30-22)12-7-15-5-3-2-4-6-15/h2-6,8-11,16H,7,12-14H2,1H3,(H,23,25,28)/t16-/m1/s1. The predicted molar refractivity (Wildman–Crippen MR) is 116 cm³/mol. The number of aromatic nitrogens is 2. The zero-order valence-electron chi connectivity index (χ0n) is 16.6. The first-order chi connectivity index (χ1) is 14.6. The molecule has 30 heavy (non-hydrogen) atoms. The maximum Gasteiger partial charge on any atom is 0.231 e. The van der Waals surface area contributed by atoms with Crippen LogP contribution in [0.1, 0.15) is 17.0 Å². The molecule has 2 heterocycles. The number of carbonyl (C=O) groups excluding carboxylic acids is 2. The van der Waals surface area contributed by atoms with Gasteiger partial charge in [-0.05, 0) is 36.2 Å². The number of methoxy groups -OCH3 is 1. The van der Waals surface area contributed by atoms with Crippen molar-refractivity contribution >= 4 is 34.0 Å². The topological polar surface area (TPSA) is 84.4 Å². The van der Waals surface area contributed by atoms with Gasteiger partial charge in [0, 0.05) is 25.1 Å². The van der Waals surface area contributed by atoms with Gasteiger partial charge in [0.25, 0.3) is 0 Å². The van der Waals surface area contributed by atoms with E-state index in [9.17, 15) is 9.59 Å².